The predicted molar refractivity (Wildman–Crippen MR) is 76.3 cm³/mol. The molecule has 1 saturated carbocycles. The van der Waals surface area contributed by atoms with Gasteiger partial charge in [0, 0.05) is 15.9 Å². The summed E-state index contributed by atoms with van der Waals surface area (Å²) in [5.74, 6) is 2.06. The van der Waals surface area contributed by atoms with E-state index in [1.54, 1.807) is 0 Å². The molecule has 1 aromatic carbocycles. The van der Waals surface area contributed by atoms with E-state index < -0.39 is 0 Å². The highest BCUT2D eigenvalue weighted by Crippen LogP contribution is 2.35. The number of hydrogen-bond acceptors (Lipinski definition) is 0. The Morgan fingerprint density at radius 1 is 1.18 bits per heavy atom. The molecular weight excluding hydrogens is 275 g/mol. The molecule has 0 aromatic heterocycles. The Labute approximate surface area is 118 Å². The summed E-state index contributed by atoms with van der Waals surface area (Å²) >= 11 is 18.2. The van der Waals surface area contributed by atoms with Crippen molar-refractivity contribution in [2.75, 3.05) is 5.88 Å². The second-order valence-electron chi connectivity index (χ2n) is 4.90. The third-order valence-corrected chi connectivity index (χ3v) is 4.75. The molecule has 0 nitrogen and oxygen atoms in total. The van der Waals surface area contributed by atoms with Crippen LogP contribution in [0.5, 0.6) is 0 Å². The molecule has 0 bridgehead atoms. The van der Waals surface area contributed by atoms with E-state index in [9.17, 15) is 0 Å². The first-order valence-electron chi connectivity index (χ1n) is 6.20. The van der Waals surface area contributed by atoms with Gasteiger partial charge in [-0.25, -0.2) is 0 Å². The summed E-state index contributed by atoms with van der Waals surface area (Å²) in [6.07, 6.45) is 6.33. The van der Waals surface area contributed by atoms with Gasteiger partial charge >= 0.3 is 0 Å². The third kappa shape index (κ3) is 3.53. The highest BCUT2D eigenvalue weighted by atomic mass is 35.5. The van der Waals surface area contributed by atoms with Crippen LogP contribution in [0.3, 0.4) is 0 Å². The van der Waals surface area contributed by atoms with Crippen LogP contribution in [0.25, 0.3) is 0 Å². The Morgan fingerprint density at radius 2 is 1.88 bits per heavy atom. The Hall–Kier alpha value is 0.0900. The Balaban J connectivity index is 2.06. The maximum atomic E-state index is 6.21. The van der Waals surface area contributed by atoms with E-state index in [-0.39, 0.29) is 0 Å². The Bertz CT molecular complexity index is 370. The van der Waals surface area contributed by atoms with E-state index in [2.05, 4.69) is 0 Å². The molecule has 1 aliphatic carbocycles. The zero-order valence-electron chi connectivity index (χ0n) is 9.76. The molecule has 1 atom stereocenters. The molecular formula is C14H17Cl3. The van der Waals surface area contributed by atoms with Crippen molar-refractivity contribution in [2.24, 2.45) is 11.8 Å². The standard InChI is InChI=1S/C14H17Cl3/c15-9-12(10-3-1-2-4-10)7-11-5-6-13(16)8-14(11)17/h5-6,8,10,12H,1-4,7,9H2. The molecule has 2 rings (SSSR count). The SMILES string of the molecule is ClCC(Cc1ccc(Cl)cc1Cl)C1CCCC1. The molecule has 17 heavy (non-hydrogen) atoms. The summed E-state index contributed by atoms with van der Waals surface area (Å²) in [6.45, 7) is 0. The maximum absolute atomic E-state index is 6.21. The van der Waals surface area contributed by atoms with Crippen molar-refractivity contribution in [1.82, 2.24) is 0 Å². The second-order valence-corrected chi connectivity index (χ2v) is 6.05. The molecule has 1 unspecified atom stereocenters. The molecule has 3 heteroatoms. The van der Waals surface area contributed by atoms with Crippen LogP contribution in [0.2, 0.25) is 10.0 Å². The fourth-order valence-electron chi connectivity index (χ4n) is 2.75. The lowest BCUT2D eigenvalue weighted by Crippen LogP contribution is -2.16. The summed E-state index contributed by atoms with van der Waals surface area (Å²) in [4.78, 5) is 0. The zero-order valence-corrected chi connectivity index (χ0v) is 12.0. The third-order valence-electron chi connectivity index (χ3n) is 3.76. The van der Waals surface area contributed by atoms with Gasteiger partial charge in [-0.2, -0.15) is 0 Å². The monoisotopic (exact) mass is 290 g/mol. The van der Waals surface area contributed by atoms with E-state index in [1.807, 2.05) is 18.2 Å². The van der Waals surface area contributed by atoms with Gasteiger partial charge < -0.3 is 0 Å². The highest BCUT2D eigenvalue weighted by molar-refractivity contribution is 6.35. The number of benzene rings is 1. The average molecular weight is 292 g/mol. The maximum Gasteiger partial charge on any atom is 0.0452 e. The second kappa shape index (κ2) is 6.31. The summed E-state index contributed by atoms with van der Waals surface area (Å²) in [7, 11) is 0. The minimum atomic E-state index is 0.554. The Morgan fingerprint density at radius 3 is 2.47 bits per heavy atom. The topological polar surface area (TPSA) is 0 Å². The molecule has 0 radical (unpaired) electrons. The summed E-state index contributed by atoms with van der Waals surface area (Å²) in [5, 5.41) is 1.47. The van der Waals surface area contributed by atoms with Gasteiger partial charge in [0.05, 0.1) is 0 Å². The quantitative estimate of drug-likeness (QED) is 0.635. The molecule has 0 amide bonds. The van der Waals surface area contributed by atoms with Crippen molar-refractivity contribution in [2.45, 2.75) is 32.1 Å². The first kappa shape index (κ1) is 13.5. The zero-order chi connectivity index (χ0) is 12.3. The first-order valence-corrected chi connectivity index (χ1v) is 7.49. The van der Waals surface area contributed by atoms with Gasteiger partial charge in [0.2, 0.25) is 0 Å². The summed E-state index contributed by atoms with van der Waals surface area (Å²) < 4.78 is 0. The molecule has 1 aliphatic rings. The fourth-order valence-corrected chi connectivity index (χ4v) is 3.59. The van der Waals surface area contributed by atoms with Crippen LogP contribution in [0.1, 0.15) is 31.2 Å². The number of halogens is 3. The van der Waals surface area contributed by atoms with Gasteiger partial charge in [-0.3, -0.25) is 0 Å². The van der Waals surface area contributed by atoms with Crippen LogP contribution >= 0.6 is 34.8 Å². The van der Waals surface area contributed by atoms with Gasteiger partial charge in [-0.1, -0.05) is 55.0 Å². The van der Waals surface area contributed by atoms with Crippen molar-refractivity contribution < 1.29 is 0 Å². The molecule has 0 N–H and O–H groups in total. The highest BCUT2D eigenvalue weighted by Gasteiger charge is 2.25. The summed E-state index contributed by atoms with van der Waals surface area (Å²) in [6, 6.07) is 5.75. The van der Waals surface area contributed by atoms with Crippen molar-refractivity contribution in [3.05, 3.63) is 33.8 Å². The van der Waals surface area contributed by atoms with E-state index in [1.165, 1.54) is 31.2 Å². The van der Waals surface area contributed by atoms with E-state index in [0.717, 1.165) is 23.2 Å². The predicted octanol–water partition coefficient (Wildman–Crippen LogP) is 5.58. The van der Waals surface area contributed by atoms with Gasteiger partial charge in [0.1, 0.15) is 0 Å². The molecule has 0 saturated heterocycles. The number of hydrogen-bond donors (Lipinski definition) is 0. The van der Waals surface area contributed by atoms with Crippen LogP contribution in [-0.4, -0.2) is 5.88 Å². The van der Waals surface area contributed by atoms with Crippen LogP contribution < -0.4 is 0 Å². The van der Waals surface area contributed by atoms with Crippen LogP contribution in [0.4, 0.5) is 0 Å². The minimum Gasteiger partial charge on any atom is -0.126 e. The minimum absolute atomic E-state index is 0.554. The first-order chi connectivity index (χ1) is 8.20. The molecule has 1 aromatic rings. The number of alkyl halides is 1. The van der Waals surface area contributed by atoms with E-state index in [0.29, 0.717) is 10.9 Å². The fraction of sp³-hybridized carbons (Fsp3) is 0.571. The van der Waals surface area contributed by atoms with Crippen LogP contribution in [0, 0.1) is 11.8 Å². The lowest BCUT2D eigenvalue weighted by Gasteiger charge is -2.21. The van der Waals surface area contributed by atoms with Crippen molar-refractivity contribution in [3.8, 4) is 0 Å². The van der Waals surface area contributed by atoms with Gasteiger partial charge in [0.15, 0.2) is 0 Å². The lowest BCUT2D eigenvalue weighted by atomic mass is 9.87. The van der Waals surface area contributed by atoms with Gasteiger partial charge in [0.25, 0.3) is 0 Å². The summed E-state index contributed by atoms with van der Waals surface area (Å²) in [5.41, 5.74) is 1.17. The normalized spacial score (nSPS) is 18.5. The molecule has 94 valence electrons. The van der Waals surface area contributed by atoms with E-state index in [4.69, 9.17) is 34.8 Å². The molecule has 0 heterocycles. The Kier molecular flexibility index (Phi) is 5.02. The van der Waals surface area contributed by atoms with Crippen LogP contribution in [0.15, 0.2) is 18.2 Å². The van der Waals surface area contributed by atoms with Crippen LogP contribution in [-0.2, 0) is 6.42 Å². The van der Waals surface area contributed by atoms with Crippen molar-refractivity contribution in [3.63, 3.8) is 0 Å². The van der Waals surface area contributed by atoms with E-state index >= 15 is 0 Å². The van der Waals surface area contributed by atoms with Gasteiger partial charge in [-0.05, 0) is 36.0 Å². The number of rotatable bonds is 4. The smallest absolute Gasteiger partial charge is 0.0452 e. The van der Waals surface area contributed by atoms with Crippen molar-refractivity contribution in [1.29, 1.82) is 0 Å². The molecule has 0 spiro atoms. The largest absolute Gasteiger partial charge is 0.126 e. The van der Waals surface area contributed by atoms with Gasteiger partial charge in [-0.15, -0.1) is 11.6 Å². The van der Waals surface area contributed by atoms with Crippen molar-refractivity contribution >= 4 is 34.8 Å². The lowest BCUT2D eigenvalue weighted by molar-refractivity contribution is 0.369. The molecule has 0 aliphatic heterocycles. The molecule has 1 fully saturated rings. The average Bonchev–Trinajstić information content (AvgIpc) is 2.81.